The van der Waals surface area contributed by atoms with Crippen LogP contribution in [0.1, 0.15) is 27.7 Å². The van der Waals surface area contributed by atoms with Crippen LogP contribution in [-0.4, -0.2) is 46.8 Å². The van der Waals surface area contributed by atoms with E-state index in [1.165, 1.54) is 0 Å². The lowest BCUT2D eigenvalue weighted by atomic mass is 10.2. The third-order valence-electron chi connectivity index (χ3n) is 4.00. The molecule has 2 rings (SSSR count). The number of benzene rings is 2. The van der Waals surface area contributed by atoms with Gasteiger partial charge in [-0.2, -0.15) is 0 Å². The van der Waals surface area contributed by atoms with Gasteiger partial charge in [-0.15, -0.1) is 12.4 Å². The van der Waals surface area contributed by atoms with E-state index in [1.807, 2.05) is 54.6 Å². The molecule has 0 aromatic heterocycles. The summed E-state index contributed by atoms with van der Waals surface area (Å²) in [5.41, 5.74) is 0. The van der Waals surface area contributed by atoms with Crippen molar-refractivity contribution in [1.29, 1.82) is 0 Å². The minimum Gasteiger partial charge on any atom is -0.487 e. The summed E-state index contributed by atoms with van der Waals surface area (Å²) in [6.45, 7) is 9.35. The number of rotatable bonds is 9. The topological polar surface area (TPSA) is 73.4 Å². The maximum atomic E-state index is 10.4. The third kappa shape index (κ3) is 8.18. The van der Waals surface area contributed by atoms with Gasteiger partial charge in [0.2, 0.25) is 0 Å². The Morgan fingerprint density at radius 3 is 1.93 bits per heavy atom. The highest BCUT2D eigenvalue weighted by Gasteiger charge is 2.18. The van der Waals surface area contributed by atoms with Crippen molar-refractivity contribution in [2.45, 2.75) is 45.9 Å². The Kier molecular flexibility index (Phi) is 11.7. The van der Waals surface area contributed by atoms with Crippen molar-refractivity contribution in [3.05, 3.63) is 54.6 Å². The minimum atomic E-state index is -0.561. The zero-order valence-corrected chi connectivity index (χ0v) is 17.3. The number of aliphatic hydroxyl groups excluding tert-OH is 1. The van der Waals surface area contributed by atoms with E-state index in [9.17, 15) is 5.11 Å². The van der Waals surface area contributed by atoms with Crippen LogP contribution >= 0.6 is 12.4 Å². The molecule has 27 heavy (non-hydrogen) atoms. The molecule has 0 aliphatic heterocycles. The molecular weight excluding hydrogens is 366 g/mol. The van der Waals surface area contributed by atoms with Gasteiger partial charge < -0.3 is 20.1 Å². The van der Waals surface area contributed by atoms with Crippen LogP contribution in [-0.2, 0) is 0 Å². The van der Waals surface area contributed by atoms with Crippen LogP contribution in [0, 0.1) is 0 Å². The quantitative estimate of drug-likeness (QED) is 0.695. The number of nitrogens with zero attached hydrogens (tertiary/aromatic N) is 1. The van der Waals surface area contributed by atoms with E-state index in [4.69, 9.17) is 9.47 Å². The van der Waals surface area contributed by atoms with Gasteiger partial charge in [0.1, 0.15) is 18.5 Å². The first-order valence-corrected chi connectivity index (χ1v) is 8.86. The van der Waals surface area contributed by atoms with Crippen LogP contribution in [0.3, 0.4) is 0 Å². The molecule has 1 unspecified atom stereocenters. The summed E-state index contributed by atoms with van der Waals surface area (Å²) in [5, 5.41) is 10.4. The Bertz CT molecular complexity index is 629. The number of halogens is 1. The largest absolute Gasteiger partial charge is 0.487 e. The molecule has 3 N–H and O–H groups in total. The zero-order chi connectivity index (χ0) is 18.2. The van der Waals surface area contributed by atoms with Gasteiger partial charge in [-0.25, -0.2) is 0 Å². The highest BCUT2D eigenvalue weighted by atomic mass is 35.5. The van der Waals surface area contributed by atoms with Gasteiger partial charge in [-0.05, 0) is 52.0 Å². The van der Waals surface area contributed by atoms with Crippen molar-refractivity contribution < 1.29 is 20.1 Å². The Morgan fingerprint density at radius 2 is 1.37 bits per heavy atom. The highest BCUT2D eigenvalue weighted by Crippen LogP contribution is 2.31. The standard InChI is InChI=1S/C21H29NO3.ClH.H2O/c1-16(2)22(17(3)4)14-18(23)15-24-20-12-8-9-13-21(20)25-19-10-6-5-7-11-19;;/h5-13,16-18,23H,14-15H2,1-4H3;1H;1H2. The van der Waals surface area contributed by atoms with Gasteiger partial charge in [0.05, 0.1) is 0 Å². The zero-order valence-electron chi connectivity index (χ0n) is 16.5. The van der Waals surface area contributed by atoms with E-state index in [0.717, 1.165) is 5.75 Å². The lowest BCUT2D eigenvalue weighted by Crippen LogP contribution is -2.43. The Hall–Kier alpha value is -1.79. The number of hydrogen-bond donors (Lipinski definition) is 1. The molecule has 0 spiro atoms. The molecule has 5 nitrogen and oxygen atoms in total. The van der Waals surface area contributed by atoms with E-state index < -0.39 is 6.10 Å². The maximum absolute atomic E-state index is 10.4. The summed E-state index contributed by atoms with van der Waals surface area (Å²) < 4.78 is 11.7. The van der Waals surface area contributed by atoms with Crippen molar-refractivity contribution in [3.63, 3.8) is 0 Å². The predicted octanol–water partition coefficient (Wildman–Crippen LogP) is 3.93. The first-order valence-electron chi connectivity index (χ1n) is 8.86. The molecule has 0 fully saturated rings. The Balaban J connectivity index is 0.00000338. The fourth-order valence-electron chi connectivity index (χ4n) is 2.77. The molecule has 0 heterocycles. The molecule has 0 saturated heterocycles. The molecule has 0 bridgehead atoms. The Morgan fingerprint density at radius 1 is 0.852 bits per heavy atom. The Labute approximate surface area is 168 Å². The van der Waals surface area contributed by atoms with Crippen molar-refractivity contribution >= 4 is 12.4 Å². The lowest BCUT2D eigenvalue weighted by Gasteiger charge is -2.32. The van der Waals surface area contributed by atoms with Crippen molar-refractivity contribution in [3.8, 4) is 17.2 Å². The second-order valence-corrected chi connectivity index (χ2v) is 6.71. The summed E-state index contributed by atoms with van der Waals surface area (Å²) in [7, 11) is 0. The van der Waals surface area contributed by atoms with Gasteiger partial charge in [0.15, 0.2) is 11.5 Å². The minimum absolute atomic E-state index is 0. The molecule has 6 heteroatoms. The fourth-order valence-corrected chi connectivity index (χ4v) is 2.77. The van der Waals surface area contributed by atoms with Gasteiger partial charge >= 0.3 is 0 Å². The van der Waals surface area contributed by atoms with Crippen LogP contribution in [0.5, 0.6) is 17.2 Å². The summed E-state index contributed by atoms with van der Waals surface area (Å²) >= 11 is 0. The molecule has 2 aromatic carbocycles. The van der Waals surface area contributed by atoms with Crippen molar-refractivity contribution in [2.75, 3.05) is 13.2 Å². The van der Waals surface area contributed by atoms with E-state index in [2.05, 4.69) is 32.6 Å². The van der Waals surface area contributed by atoms with Gasteiger partial charge in [0.25, 0.3) is 0 Å². The average Bonchev–Trinajstić information content (AvgIpc) is 2.59. The van der Waals surface area contributed by atoms with Crippen LogP contribution in [0.15, 0.2) is 54.6 Å². The molecule has 2 aromatic rings. The van der Waals surface area contributed by atoms with Crippen molar-refractivity contribution in [2.24, 2.45) is 0 Å². The van der Waals surface area contributed by atoms with Crippen LogP contribution < -0.4 is 9.47 Å². The first kappa shape index (κ1) is 25.2. The lowest BCUT2D eigenvalue weighted by molar-refractivity contribution is 0.0440. The summed E-state index contributed by atoms with van der Waals surface area (Å²) in [5.74, 6) is 2.03. The molecule has 152 valence electrons. The molecule has 0 aliphatic carbocycles. The molecule has 0 radical (unpaired) electrons. The summed E-state index contributed by atoms with van der Waals surface area (Å²) in [6, 6.07) is 17.9. The highest BCUT2D eigenvalue weighted by molar-refractivity contribution is 5.85. The molecule has 0 amide bonds. The average molecular weight is 398 g/mol. The van der Waals surface area contributed by atoms with E-state index in [1.54, 1.807) is 0 Å². The SMILES string of the molecule is CC(C)N(CC(O)COc1ccccc1Oc1ccccc1)C(C)C.Cl.O. The van der Waals surface area contributed by atoms with Gasteiger partial charge in [-0.3, -0.25) is 4.90 Å². The summed E-state index contributed by atoms with van der Waals surface area (Å²) in [6.07, 6.45) is -0.561. The summed E-state index contributed by atoms with van der Waals surface area (Å²) in [4.78, 5) is 2.25. The van der Waals surface area contributed by atoms with E-state index >= 15 is 0 Å². The first-order chi connectivity index (χ1) is 12.0. The number of para-hydroxylation sites is 3. The second-order valence-electron chi connectivity index (χ2n) is 6.71. The predicted molar refractivity (Wildman–Crippen MR) is 112 cm³/mol. The van der Waals surface area contributed by atoms with Crippen LogP contribution in [0.25, 0.3) is 0 Å². The van der Waals surface area contributed by atoms with Crippen molar-refractivity contribution in [1.82, 2.24) is 4.90 Å². The molecule has 1 atom stereocenters. The molecule has 0 saturated carbocycles. The molecular formula is C21H32ClNO4. The van der Waals surface area contributed by atoms with Gasteiger partial charge in [-0.1, -0.05) is 30.3 Å². The maximum Gasteiger partial charge on any atom is 0.169 e. The smallest absolute Gasteiger partial charge is 0.169 e. The third-order valence-corrected chi connectivity index (χ3v) is 4.00. The van der Waals surface area contributed by atoms with Crippen LogP contribution in [0.2, 0.25) is 0 Å². The normalized spacial score (nSPS) is 11.7. The number of ether oxygens (including phenoxy) is 2. The van der Waals surface area contributed by atoms with E-state index in [0.29, 0.717) is 30.1 Å². The second kappa shape index (κ2) is 12.6. The fraction of sp³-hybridized carbons (Fsp3) is 0.429. The number of aliphatic hydroxyl groups is 1. The van der Waals surface area contributed by atoms with E-state index in [-0.39, 0.29) is 24.5 Å². The van der Waals surface area contributed by atoms with Crippen LogP contribution in [0.4, 0.5) is 0 Å². The molecule has 0 aliphatic rings. The van der Waals surface area contributed by atoms with Gasteiger partial charge in [0, 0.05) is 18.6 Å². The number of hydrogen-bond acceptors (Lipinski definition) is 4. The monoisotopic (exact) mass is 397 g/mol.